The zero-order chi connectivity index (χ0) is 7.68. The lowest BCUT2D eigenvalue weighted by Crippen LogP contribution is -2.26. The molecule has 0 aromatic heterocycles. The van der Waals surface area contributed by atoms with Crippen molar-refractivity contribution in [3.05, 3.63) is 35.5 Å². The van der Waals surface area contributed by atoms with E-state index in [1.165, 1.54) is 11.1 Å². The van der Waals surface area contributed by atoms with Crippen LogP contribution in [0.5, 0.6) is 0 Å². The molecule has 0 fully saturated rings. The minimum absolute atomic E-state index is 0.292. The molecule has 0 saturated heterocycles. The second-order valence-electron chi connectivity index (χ2n) is 3.17. The zero-order valence-electron chi connectivity index (χ0n) is 6.59. The van der Waals surface area contributed by atoms with Gasteiger partial charge in [0, 0.05) is 6.04 Å². The van der Waals surface area contributed by atoms with Crippen molar-refractivity contribution in [2.24, 2.45) is 5.73 Å². The summed E-state index contributed by atoms with van der Waals surface area (Å²) in [7, 11) is 0. The molecule has 2 aliphatic carbocycles. The molecule has 1 nitrogen and oxygen atoms in total. The van der Waals surface area contributed by atoms with E-state index in [-0.39, 0.29) is 0 Å². The molecule has 0 radical (unpaired) electrons. The molecular formula is C10H13N. The molecule has 0 amide bonds. The van der Waals surface area contributed by atoms with Crippen LogP contribution in [0.15, 0.2) is 35.5 Å². The molecule has 2 aliphatic rings. The van der Waals surface area contributed by atoms with Crippen LogP contribution in [0.3, 0.4) is 0 Å². The monoisotopic (exact) mass is 147 g/mol. The van der Waals surface area contributed by atoms with E-state index in [2.05, 4.69) is 24.3 Å². The molecule has 2 N–H and O–H groups in total. The zero-order valence-corrected chi connectivity index (χ0v) is 6.59. The van der Waals surface area contributed by atoms with Crippen molar-refractivity contribution >= 4 is 0 Å². The van der Waals surface area contributed by atoms with E-state index in [1.807, 2.05) is 0 Å². The molecule has 0 heterocycles. The van der Waals surface area contributed by atoms with Crippen molar-refractivity contribution in [1.29, 1.82) is 0 Å². The van der Waals surface area contributed by atoms with Crippen molar-refractivity contribution in [3.8, 4) is 0 Å². The third-order valence-electron chi connectivity index (χ3n) is 2.39. The predicted octanol–water partition coefficient (Wildman–Crippen LogP) is 1.92. The van der Waals surface area contributed by atoms with Gasteiger partial charge < -0.3 is 5.73 Å². The minimum atomic E-state index is 0.292. The number of nitrogens with two attached hydrogens (primary N) is 1. The molecule has 0 spiro atoms. The highest BCUT2D eigenvalue weighted by Gasteiger charge is 2.17. The highest BCUT2D eigenvalue weighted by molar-refractivity contribution is 5.43. The molecule has 0 bridgehead atoms. The summed E-state index contributed by atoms with van der Waals surface area (Å²) < 4.78 is 0. The summed E-state index contributed by atoms with van der Waals surface area (Å²) >= 11 is 0. The highest BCUT2D eigenvalue weighted by Crippen LogP contribution is 2.28. The van der Waals surface area contributed by atoms with Crippen LogP contribution in [-0.4, -0.2) is 6.04 Å². The third kappa shape index (κ3) is 1.16. The van der Waals surface area contributed by atoms with Gasteiger partial charge in [-0.1, -0.05) is 24.3 Å². The summed E-state index contributed by atoms with van der Waals surface area (Å²) in [6.07, 6.45) is 12.1. The van der Waals surface area contributed by atoms with E-state index in [0.717, 1.165) is 19.3 Å². The van der Waals surface area contributed by atoms with Crippen LogP contribution in [0.4, 0.5) is 0 Å². The molecule has 0 aromatic carbocycles. The first-order valence-corrected chi connectivity index (χ1v) is 4.19. The van der Waals surface area contributed by atoms with Gasteiger partial charge in [-0.3, -0.25) is 0 Å². The number of hydrogen-bond acceptors (Lipinski definition) is 1. The maximum Gasteiger partial charge on any atom is 0.0300 e. The minimum Gasteiger partial charge on any atom is -0.324 e. The van der Waals surface area contributed by atoms with Crippen LogP contribution in [0.2, 0.25) is 0 Å². The first-order chi connectivity index (χ1) is 5.38. The summed E-state index contributed by atoms with van der Waals surface area (Å²) in [6, 6.07) is 0.292. The van der Waals surface area contributed by atoms with Crippen molar-refractivity contribution in [2.75, 3.05) is 0 Å². The quantitative estimate of drug-likeness (QED) is 0.556. The fourth-order valence-corrected chi connectivity index (χ4v) is 1.75. The SMILES string of the molecule is NC1CCC=C2CC=CC=C21. The fraction of sp³-hybridized carbons (Fsp3) is 0.400. The van der Waals surface area contributed by atoms with Crippen LogP contribution in [0, 0.1) is 0 Å². The fourth-order valence-electron chi connectivity index (χ4n) is 1.75. The Hall–Kier alpha value is -0.820. The molecule has 0 aliphatic heterocycles. The van der Waals surface area contributed by atoms with Crippen LogP contribution in [0.1, 0.15) is 19.3 Å². The van der Waals surface area contributed by atoms with Gasteiger partial charge in [-0.2, -0.15) is 0 Å². The molecule has 2 rings (SSSR count). The maximum atomic E-state index is 5.95. The van der Waals surface area contributed by atoms with Crippen LogP contribution in [0.25, 0.3) is 0 Å². The van der Waals surface area contributed by atoms with Gasteiger partial charge in [0.2, 0.25) is 0 Å². The molecule has 1 heteroatoms. The van der Waals surface area contributed by atoms with Crippen molar-refractivity contribution in [3.63, 3.8) is 0 Å². The molecule has 11 heavy (non-hydrogen) atoms. The van der Waals surface area contributed by atoms with Gasteiger partial charge in [-0.05, 0) is 30.4 Å². The average Bonchev–Trinajstić information content (AvgIpc) is 2.06. The van der Waals surface area contributed by atoms with E-state index in [9.17, 15) is 0 Å². The van der Waals surface area contributed by atoms with Gasteiger partial charge in [0.25, 0.3) is 0 Å². The average molecular weight is 147 g/mol. The molecule has 0 aromatic rings. The van der Waals surface area contributed by atoms with Gasteiger partial charge in [0.1, 0.15) is 0 Å². The molecule has 1 unspecified atom stereocenters. The maximum absolute atomic E-state index is 5.95. The molecular weight excluding hydrogens is 134 g/mol. The Morgan fingerprint density at radius 3 is 3.18 bits per heavy atom. The smallest absolute Gasteiger partial charge is 0.0300 e. The summed E-state index contributed by atoms with van der Waals surface area (Å²) in [5, 5.41) is 0. The summed E-state index contributed by atoms with van der Waals surface area (Å²) in [5.74, 6) is 0. The van der Waals surface area contributed by atoms with E-state index in [1.54, 1.807) is 0 Å². The largest absolute Gasteiger partial charge is 0.324 e. The lowest BCUT2D eigenvalue weighted by Gasteiger charge is -2.24. The number of fused-ring (bicyclic) bond motifs is 1. The lowest BCUT2D eigenvalue weighted by atomic mass is 9.85. The topological polar surface area (TPSA) is 26.0 Å². The Labute approximate surface area is 67.3 Å². The van der Waals surface area contributed by atoms with Crippen LogP contribution in [-0.2, 0) is 0 Å². The molecule has 0 saturated carbocycles. The van der Waals surface area contributed by atoms with E-state index >= 15 is 0 Å². The normalized spacial score (nSPS) is 29.0. The summed E-state index contributed by atoms with van der Waals surface area (Å²) in [4.78, 5) is 0. The summed E-state index contributed by atoms with van der Waals surface area (Å²) in [5.41, 5.74) is 8.76. The van der Waals surface area contributed by atoms with Gasteiger partial charge in [0.15, 0.2) is 0 Å². The number of allylic oxidation sites excluding steroid dienone is 4. The molecule has 58 valence electrons. The Bertz CT molecular complexity index is 246. The lowest BCUT2D eigenvalue weighted by molar-refractivity contribution is 0.673. The van der Waals surface area contributed by atoms with Gasteiger partial charge in [-0.15, -0.1) is 0 Å². The Kier molecular flexibility index (Phi) is 1.66. The molecule has 1 atom stereocenters. The Balaban J connectivity index is 2.35. The second kappa shape index (κ2) is 2.67. The van der Waals surface area contributed by atoms with Crippen molar-refractivity contribution in [2.45, 2.75) is 25.3 Å². The van der Waals surface area contributed by atoms with Crippen LogP contribution >= 0.6 is 0 Å². The predicted molar refractivity (Wildman–Crippen MR) is 47.1 cm³/mol. The van der Waals surface area contributed by atoms with Gasteiger partial charge in [0.05, 0.1) is 0 Å². The van der Waals surface area contributed by atoms with Crippen molar-refractivity contribution in [1.82, 2.24) is 0 Å². The first-order valence-electron chi connectivity index (χ1n) is 4.19. The van der Waals surface area contributed by atoms with E-state index in [4.69, 9.17) is 5.73 Å². The Morgan fingerprint density at radius 1 is 1.45 bits per heavy atom. The van der Waals surface area contributed by atoms with Crippen LogP contribution < -0.4 is 5.73 Å². The van der Waals surface area contributed by atoms with E-state index < -0.39 is 0 Å². The Morgan fingerprint density at radius 2 is 2.36 bits per heavy atom. The highest BCUT2D eigenvalue weighted by atomic mass is 14.6. The number of rotatable bonds is 0. The third-order valence-corrected chi connectivity index (χ3v) is 2.39. The van der Waals surface area contributed by atoms with Gasteiger partial charge >= 0.3 is 0 Å². The van der Waals surface area contributed by atoms with E-state index in [0.29, 0.717) is 6.04 Å². The first kappa shape index (κ1) is 6.86. The van der Waals surface area contributed by atoms with Gasteiger partial charge in [-0.25, -0.2) is 0 Å². The second-order valence-corrected chi connectivity index (χ2v) is 3.17. The summed E-state index contributed by atoms with van der Waals surface area (Å²) in [6.45, 7) is 0. The standard InChI is InChI=1S/C10H13N/c11-10-7-3-5-8-4-1-2-6-9(8)10/h1-2,5-6,10H,3-4,7,11H2. The van der Waals surface area contributed by atoms with Crippen molar-refractivity contribution < 1.29 is 0 Å². The number of hydrogen-bond donors (Lipinski definition) is 1.